The maximum Gasteiger partial charge on any atom is 0.128 e. The van der Waals surface area contributed by atoms with Crippen LogP contribution in [0, 0.1) is 5.92 Å². The van der Waals surface area contributed by atoms with E-state index in [0.717, 1.165) is 37.8 Å². The van der Waals surface area contributed by atoms with Crippen LogP contribution in [0.15, 0.2) is 18.3 Å². The van der Waals surface area contributed by atoms with Crippen molar-refractivity contribution in [2.45, 2.75) is 45.4 Å². The molecule has 0 saturated carbocycles. The molecule has 106 valence electrons. The molecule has 0 spiro atoms. The molecule has 1 aliphatic heterocycles. The summed E-state index contributed by atoms with van der Waals surface area (Å²) in [6.45, 7) is 9.71. The highest BCUT2D eigenvalue weighted by Gasteiger charge is 2.21. The van der Waals surface area contributed by atoms with E-state index in [4.69, 9.17) is 5.73 Å². The SMILES string of the molecule is CC(C)(C)c1ccc(N2CCCC(CCN)C2)nc1. The summed E-state index contributed by atoms with van der Waals surface area (Å²) in [5, 5.41) is 0. The van der Waals surface area contributed by atoms with Crippen LogP contribution in [0.2, 0.25) is 0 Å². The number of pyridine rings is 1. The molecule has 1 atom stereocenters. The molecule has 2 N–H and O–H groups in total. The van der Waals surface area contributed by atoms with Gasteiger partial charge in [0.1, 0.15) is 5.82 Å². The minimum absolute atomic E-state index is 0.176. The maximum absolute atomic E-state index is 5.68. The molecule has 0 amide bonds. The Hall–Kier alpha value is -1.09. The first kappa shape index (κ1) is 14.3. The van der Waals surface area contributed by atoms with Crippen molar-refractivity contribution < 1.29 is 0 Å². The fourth-order valence-corrected chi connectivity index (χ4v) is 2.76. The van der Waals surface area contributed by atoms with E-state index in [1.54, 1.807) is 0 Å². The van der Waals surface area contributed by atoms with Crippen molar-refractivity contribution in [3.05, 3.63) is 23.9 Å². The number of hydrogen-bond donors (Lipinski definition) is 1. The summed E-state index contributed by atoms with van der Waals surface area (Å²) in [6.07, 6.45) is 5.74. The average molecular weight is 261 g/mol. The number of piperidine rings is 1. The summed E-state index contributed by atoms with van der Waals surface area (Å²) in [5.41, 5.74) is 7.15. The summed E-state index contributed by atoms with van der Waals surface area (Å²) in [7, 11) is 0. The van der Waals surface area contributed by atoms with Crippen LogP contribution >= 0.6 is 0 Å². The Balaban J connectivity index is 2.05. The molecule has 1 fully saturated rings. The van der Waals surface area contributed by atoms with Crippen molar-refractivity contribution in [1.82, 2.24) is 4.98 Å². The van der Waals surface area contributed by atoms with E-state index in [1.165, 1.54) is 18.4 Å². The summed E-state index contributed by atoms with van der Waals surface area (Å²) < 4.78 is 0. The van der Waals surface area contributed by atoms with Crippen LogP contribution in [0.3, 0.4) is 0 Å². The van der Waals surface area contributed by atoms with Gasteiger partial charge in [-0.3, -0.25) is 0 Å². The monoisotopic (exact) mass is 261 g/mol. The fourth-order valence-electron chi connectivity index (χ4n) is 2.76. The van der Waals surface area contributed by atoms with Crippen molar-refractivity contribution >= 4 is 5.82 Å². The van der Waals surface area contributed by atoms with Crippen LogP contribution in [0.4, 0.5) is 5.82 Å². The number of anilines is 1. The zero-order chi connectivity index (χ0) is 13.9. The van der Waals surface area contributed by atoms with Gasteiger partial charge in [0.05, 0.1) is 0 Å². The second-order valence-electron chi connectivity index (χ2n) is 6.69. The normalized spacial score (nSPS) is 20.6. The minimum atomic E-state index is 0.176. The molecule has 0 radical (unpaired) electrons. The van der Waals surface area contributed by atoms with Crippen molar-refractivity contribution in [3.8, 4) is 0 Å². The third-order valence-corrected chi connectivity index (χ3v) is 4.03. The molecule has 1 saturated heterocycles. The average Bonchev–Trinajstić information content (AvgIpc) is 2.39. The van der Waals surface area contributed by atoms with Gasteiger partial charge < -0.3 is 10.6 Å². The third kappa shape index (κ3) is 3.69. The molecule has 3 nitrogen and oxygen atoms in total. The van der Waals surface area contributed by atoms with Gasteiger partial charge in [0.25, 0.3) is 0 Å². The number of hydrogen-bond acceptors (Lipinski definition) is 3. The second-order valence-corrected chi connectivity index (χ2v) is 6.69. The lowest BCUT2D eigenvalue weighted by atomic mass is 9.88. The van der Waals surface area contributed by atoms with E-state index >= 15 is 0 Å². The first-order valence-corrected chi connectivity index (χ1v) is 7.42. The van der Waals surface area contributed by atoms with E-state index in [-0.39, 0.29) is 5.41 Å². The van der Waals surface area contributed by atoms with E-state index in [0.29, 0.717) is 0 Å². The maximum atomic E-state index is 5.68. The molecule has 0 aromatic carbocycles. The van der Waals surface area contributed by atoms with Crippen molar-refractivity contribution in [2.24, 2.45) is 11.7 Å². The molecule has 0 bridgehead atoms. The van der Waals surface area contributed by atoms with Gasteiger partial charge in [-0.1, -0.05) is 26.8 Å². The van der Waals surface area contributed by atoms with Crippen molar-refractivity contribution in [2.75, 3.05) is 24.5 Å². The predicted octanol–water partition coefficient (Wildman–Crippen LogP) is 2.94. The lowest BCUT2D eigenvalue weighted by Gasteiger charge is -2.33. The number of nitrogens with two attached hydrogens (primary N) is 1. The quantitative estimate of drug-likeness (QED) is 0.909. The van der Waals surface area contributed by atoms with Crippen molar-refractivity contribution in [1.29, 1.82) is 0 Å². The van der Waals surface area contributed by atoms with Gasteiger partial charge >= 0.3 is 0 Å². The van der Waals surface area contributed by atoms with Gasteiger partial charge in [-0.2, -0.15) is 0 Å². The van der Waals surface area contributed by atoms with E-state index in [2.05, 4.69) is 42.8 Å². The smallest absolute Gasteiger partial charge is 0.128 e. The molecular weight excluding hydrogens is 234 g/mol. The van der Waals surface area contributed by atoms with Gasteiger partial charge in [-0.15, -0.1) is 0 Å². The molecule has 1 aromatic heterocycles. The number of rotatable bonds is 3. The van der Waals surface area contributed by atoms with Gasteiger partial charge in [0.2, 0.25) is 0 Å². The van der Waals surface area contributed by atoms with Crippen LogP contribution < -0.4 is 10.6 Å². The highest BCUT2D eigenvalue weighted by molar-refractivity contribution is 5.41. The largest absolute Gasteiger partial charge is 0.356 e. The Morgan fingerprint density at radius 3 is 2.74 bits per heavy atom. The Morgan fingerprint density at radius 1 is 1.37 bits per heavy atom. The molecule has 0 aliphatic carbocycles. The third-order valence-electron chi connectivity index (χ3n) is 4.03. The zero-order valence-corrected chi connectivity index (χ0v) is 12.5. The Bertz CT molecular complexity index is 389. The highest BCUT2D eigenvalue weighted by atomic mass is 15.2. The van der Waals surface area contributed by atoms with Crippen LogP contribution in [0.5, 0.6) is 0 Å². The first-order chi connectivity index (χ1) is 9.00. The molecule has 3 heteroatoms. The van der Waals surface area contributed by atoms with Crippen molar-refractivity contribution in [3.63, 3.8) is 0 Å². The lowest BCUT2D eigenvalue weighted by Crippen LogP contribution is -2.36. The minimum Gasteiger partial charge on any atom is -0.356 e. The molecule has 1 unspecified atom stereocenters. The molecular formula is C16H27N3. The molecule has 2 heterocycles. The first-order valence-electron chi connectivity index (χ1n) is 7.42. The van der Waals surface area contributed by atoms with Crippen LogP contribution in [0.1, 0.15) is 45.6 Å². The lowest BCUT2D eigenvalue weighted by molar-refractivity contribution is 0.394. The Kier molecular flexibility index (Phi) is 4.46. The van der Waals surface area contributed by atoms with Gasteiger partial charge in [-0.25, -0.2) is 4.98 Å². The molecule has 19 heavy (non-hydrogen) atoms. The summed E-state index contributed by atoms with van der Waals surface area (Å²) in [4.78, 5) is 7.07. The standard InChI is InChI=1S/C16H27N3/c1-16(2,3)14-6-7-15(18-11-14)19-10-4-5-13(12-19)8-9-17/h6-7,11,13H,4-5,8-10,12,17H2,1-3H3. The van der Waals surface area contributed by atoms with E-state index in [1.807, 2.05) is 6.20 Å². The zero-order valence-electron chi connectivity index (χ0n) is 12.5. The summed E-state index contributed by atoms with van der Waals surface area (Å²) in [6, 6.07) is 4.39. The highest BCUT2D eigenvalue weighted by Crippen LogP contribution is 2.26. The second kappa shape index (κ2) is 5.91. The number of aromatic nitrogens is 1. The summed E-state index contributed by atoms with van der Waals surface area (Å²) >= 11 is 0. The van der Waals surface area contributed by atoms with E-state index < -0.39 is 0 Å². The van der Waals surface area contributed by atoms with E-state index in [9.17, 15) is 0 Å². The van der Waals surface area contributed by atoms with Crippen LogP contribution in [0.25, 0.3) is 0 Å². The van der Waals surface area contributed by atoms with Crippen LogP contribution in [-0.2, 0) is 5.41 Å². The van der Waals surface area contributed by atoms with Crippen LogP contribution in [-0.4, -0.2) is 24.6 Å². The van der Waals surface area contributed by atoms with Gasteiger partial charge in [0, 0.05) is 19.3 Å². The topological polar surface area (TPSA) is 42.1 Å². The summed E-state index contributed by atoms with van der Waals surface area (Å²) in [5.74, 6) is 1.86. The fraction of sp³-hybridized carbons (Fsp3) is 0.688. The van der Waals surface area contributed by atoms with Gasteiger partial charge in [-0.05, 0) is 48.8 Å². The Labute approximate surface area is 117 Å². The number of nitrogens with zero attached hydrogens (tertiary/aromatic N) is 2. The predicted molar refractivity (Wildman–Crippen MR) is 81.5 cm³/mol. The Morgan fingerprint density at radius 2 is 2.16 bits per heavy atom. The molecule has 1 aliphatic rings. The molecule has 2 rings (SSSR count). The molecule has 1 aromatic rings. The van der Waals surface area contributed by atoms with Gasteiger partial charge in [0.15, 0.2) is 0 Å².